The summed E-state index contributed by atoms with van der Waals surface area (Å²) < 4.78 is 0. The summed E-state index contributed by atoms with van der Waals surface area (Å²) in [7, 11) is 2.19. The van der Waals surface area contributed by atoms with E-state index in [1.807, 2.05) is 4.90 Å². The second kappa shape index (κ2) is 6.34. The number of likely N-dealkylation sites (N-methyl/N-ethyl adjacent to an activating group) is 1. The molecule has 0 aliphatic carbocycles. The number of carbonyl (C=O) groups is 1. The Kier molecular flexibility index (Phi) is 4.61. The molecule has 4 aliphatic rings. The molecule has 0 aromatic rings. The topological polar surface area (TPSA) is 50.9 Å². The van der Waals surface area contributed by atoms with Gasteiger partial charge < -0.3 is 15.5 Å². The molecule has 2 bridgehead atoms. The number of nitrogens with zero attached hydrogens (tertiary/aromatic N) is 3. The molecule has 4 heterocycles. The SMILES string of the molecule is CN1CCN(CCNC(=O)N2CC3CCC2CN3)CC1(C)C. The average molecular weight is 309 g/mol. The van der Waals surface area contributed by atoms with Gasteiger partial charge in [-0.05, 0) is 33.7 Å². The smallest absolute Gasteiger partial charge is 0.317 e. The van der Waals surface area contributed by atoms with E-state index in [2.05, 4.69) is 41.3 Å². The lowest BCUT2D eigenvalue weighted by Crippen LogP contribution is -2.64. The minimum Gasteiger partial charge on any atom is -0.337 e. The number of fused-ring (bicyclic) bond motifs is 3. The van der Waals surface area contributed by atoms with Crippen LogP contribution in [0.2, 0.25) is 0 Å². The Labute approximate surface area is 134 Å². The zero-order chi connectivity index (χ0) is 15.7. The van der Waals surface area contributed by atoms with Crippen molar-refractivity contribution in [2.24, 2.45) is 0 Å². The van der Waals surface area contributed by atoms with Crippen LogP contribution in [0, 0.1) is 0 Å². The minimum atomic E-state index is 0.129. The Bertz CT molecular complexity index is 405. The fourth-order valence-corrected chi connectivity index (χ4v) is 3.91. The van der Waals surface area contributed by atoms with Gasteiger partial charge in [0.2, 0.25) is 0 Å². The van der Waals surface area contributed by atoms with Gasteiger partial charge in [0.15, 0.2) is 0 Å². The molecule has 6 heteroatoms. The van der Waals surface area contributed by atoms with Crippen molar-refractivity contribution in [3.63, 3.8) is 0 Å². The number of urea groups is 1. The highest BCUT2D eigenvalue weighted by molar-refractivity contribution is 5.75. The quantitative estimate of drug-likeness (QED) is 0.780. The van der Waals surface area contributed by atoms with E-state index in [1.54, 1.807) is 0 Å². The van der Waals surface area contributed by atoms with Crippen molar-refractivity contribution in [3.05, 3.63) is 0 Å². The highest BCUT2D eigenvalue weighted by Crippen LogP contribution is 2.22. The first-order valence-corrected chi connectivity index (χ1v) is 8.67. The summed E-state index contributed by atoms with van der Waals surface area (Å²) >= 11 is 0. The molecular formula is C16H31N5O. The van der Waals surface area contributed by atoms with Crippen LogP contribution in [0.5, 0.6) is 0 Å². The predicted molar refractivity (Wildman–Crippen MR) is 88.1 cm³/mol. The number of rotatable bonds is 3. The molecule has 4 rings (SSSR count). The van der Waals surface area contributed by atoms with E-state index in [0.717, 1.165) is 52.2 Å². The number of carbonyl (C=O) groups excluding carboxylic acids is 1. The molecule has 4 aliphatic heterocycles. The maximum absolute atomic E-state index is 12.4. The molecule has 126 valence electrons. The second-order valence-electron chi connectivity index (χ2n) is 7.73. The summed E-state index contributed by atoms with van der Waals surface area (Å²) in [5.74, 6) is 0. The zero-order valence-electron chi connectivity index (χ0n) is 14.3. The largest absolute Gasteiger partial charge is 0.337 e. The molecule has 2 unspecified atom stereocenters. The summed E-state index contributed by atoms with van der Waals surface area (Å²) in [4.78, 5) is 19.3. The first-order valence-electron chi connectivity index (χ1n) is 8.67. The van der Waals surface area contributed by atoms with Crippen LogP contribution in [0.4, 0.5) is 4.79 Å². The van der Waals surface area contributed by atoms with Crippen molar-refractivity contribution in [1.82, 2.24) is 25.3 Å². The van der Waals surface area contributed by atoms with Gasteiger partial charge in [-0.25, -0.2) is 4.79 Å². The van der Waals surface area contributed by atoms with E-state index in [-0.39, 0.29) is 11.6 Å². The Morgan fingerprint density at radius 1 is 1.32 bits per heavy atom. The summed E-state index contributed by atoms with van der Waals surface area (Å²) in [6, 6.07) is 1.03. The molecule has 2 amide bonds. The lowest BCUT2D eigenvalue weighted by molar-refractivity contribution is 0.0404. The van der Waals surface area contributed by atoms with Crippen LogP contribution in [0.3, 0.4) is 0 Å². The second-order valence-corrected chi connectivity index (χ2v) is 7.73. The summed E-state index contributed by atoms with van der Waals surface area (Å²) in [5.41, 5.74) is 0.222. The molecule has 0 aromatic carbocycles. The molecule has 0 saturated carbocycles. The minimum absolute atomic E-state index is 0.129. The van der Waals surface area contributed by atoms with E-state index < -0.39 is 0 Å². The molecule has 0 radical (unpaired) electrons. The van der Waals surface area contributed by atoms with Gasteiger partial charge in [-0.1, -0.05) is 0 Å². The summed E-state index contributed by atoms with van der Waals surface area (Å²) in [6.07, 6.45) is 2.36. The van der Waals surface area contributed by atoms with Gasteiger partial charge in [-0.2, -0.15) is 0 Å². The van der Waals surface area contributed by atoms with Gasteiger partial charge in [0.25, 0.3) is 0 Å². The Balaban J connectivity index is 1.41. The monoisotopic (exact) mass is 309 g/mol. The van der Waals surface area contributed by atoms with E-state index in [0.29, 0.717) is 12.1 Å². The molecular weight excluding hydrogens is 278 g/mol. The number of nitrogens with one attached hydrogen (secondary N) is 2. The van der Waals surface area contributed by atoms with Crippen molar-refractivity contribution in [2.75, 3.05) is 52.9 Å². The van der Waals surface area contributed by atoms with Gasteiger partial charge in [-0.3, -0.25) is 9.80 Å². The van der Waals surface area contributed by atoms with Crippen LogP contribution >= 0.6 is 0 Å². The van der Waals surface area contributed by atoms with Gasteiger partial charge >= 0.3 is 6.03 Å². The Hall–Kier alpha value is -0.850. The fourth-order valence-electron chi connectivity index (χ4n) is 3.91. The highest BCUT2D eigenvalue weighted by Gasteiger charge is 2.36. The Morgan fingerprint density at radius 3 is 2.73 bits per heavy atom. The van der Waals surface area contributed by atoms with Crippen LogP contribution in [0.15, 0.2) is 0 Å². The fraction of sp³-hybridized carbons (Fsp3) is 0.938. The molecule has 0 spiro atoms. The number of amides is 2. The first-order chi connectivity index (χ1) is 10.5. The lowest BCUT2D eigenvalue weighted by atomic mass is 9.93. The molecule has 22 heavy (non-hydrogen) atoms. The van der Waals surface area contributed by atoms with Gasteiger partial charge in [0.05, 0.1) is 0 Å². The maximum Gasteiger partial charge on any atom is 0.317 e. The zero-order valence-corrected chi connectivity index (χ0v) is 14.3. The number of hydrogen-bond donors (Lipinski definition) is 2. The van der Waals surface area contributed by atoms with Crippen LogP contribution in [-0.2, 0) is 0 Å². The van der Waals surface area contributed by atoms with E-state index >= 15 is 0 Å². The number of hydrogen-bond acceptors (Lipinski definition) is 4. The average Bonchev–Trinajstić information content (AvgIpc) is 2.51. The molecule has 4 fully saturated rings. The van der Waals surface area contributed by atoms with Crippen molar-refractivity contribution in [2.45, 2.75) is 44.3 Å². The predicted octanol–water partition coefficient (Wildman–Crippen LogP) is 0.158. The molecule has 2 N–H and O–H groups in total. The normalized spacial score (nSPS) is 32.2. The van der Waals surface area contributed by atoms with Crippen molar-refractivity contribution >= 4 is 6.03 Å². The van der Waals surface area contributed by atoms with Crippen LogP contribution < -0.4 is 10.6 Å². The third-order valence-electron chi connectivity index (χ3n) is 5.71. The van der Waals surface area contributed by atoms with E-state index in [4.69, 9.17) is 0 Å². The van der Waals surface area contributed by atoms with Crippen LogP contribution in [0.1, 0.15) is 26.7 Å². The first kappa shape index (κ1) is 16.0. The van der Waals surface area contributed by atoms with Crippen LogP contribution in [-0.4, -0.2) is 91.2 Å². The van der Waals surface area contributed by atoms with E-state index in [9.17, 15) is 4.79 Å². The lowest BCUT2D eigenvalue weighted by Gasteiger charge is -2.46. The maximum atomic E-state index is 12.4. The molecule has 6 nitrogen and oxygen atoms in total. The standard InChI is InChI=1S/C16H31N5O/c1-16(2)12-20(9-8-19(16)3)7-6-17-15(22)21-11-13-4-5-14(21)10-18-13/h13-14,18H,4-12H2,1-3H3,(H,17,22). The van der Waals surface area contributed by atoms with Crippen molar-refractivity contribution in [3.8, 4) is 0 Å². The molecule has 4 saturated heterocycles. The Morgan fingerprint density at radius 2 is 2.14 bits per heavy atom. The van der Waals surface area contributed by atoms with Crippen molar-refractivity contribution < 1.29 is 4.79 Å². The van der Waals surface area contributed by atoms with Gasteiger partial charge in [-0.15, -0.1) is 0 Å². The van der Waals surface area contributed by atoms with E-state index in [1.165, 1.54) is 6.42 Å². The molecule has 0 aromatic heterocycles. The third-order valence-corrected chi connectivity index (χ3v) is 5.71. The van der Waals surface area contributed by atoms with Crippen LogP contribution in [0.25, 0.3) is 0 Å². The van der Waals surface area contributed by atoms with Crippen molar-refractivity contribution in [1.29, 1.82) is 0 Å². The van der Waals surface area contributed by atoms with Gasteiger partial charge in [0, 0.05) is 63.4 Å². The highest BCUT2D eigenvalue weighted by atomic mass is 16.2. The van der Waals surface area contributed by atoms with Gasteiger partial charge in [0.1, 0.15) is 0 Å². The molecule has 2 atom stereocenters. The number of piperidine rings is 2. The third kappa shape index (κ3) is 3.39. The summed E-state index contributed by atoms with van der Waals surface area (Å²) in [5, 5.41) is 6.62. The summed E-state index contributed by atoms with van der Waals surface area (Å²) in [6.45, 7) is 11.4. The number of piperazine rings is 2.